The van der Waals surface area contributed by atoms with Crippen LogP contribution in [0.4, 0.5) is 0 Å². The van der Waals surface area contributed by atoms with Gasteiger partial charge in [0.25, 0.3) is 0 Å². The van der Waals surface area contributed by atoms with Crippen molar-refractivity contribution in [3.63, 3.8) is 0 Å². The fraction of sp³-hybridized carbons (Fsp3) is 0.538. The van der Waals surface area contributed by atoms with Crippen molar-refractivity contribution in [2.45, 2.75) is 39.6 Å². The number of hydrogen-bond acceptors (Lipinski definition) is 2. The van der Waals surface area contributed by atoms with Gasteiger partial charge in [-0.25, -0.2) is 0 Å². The molecule has 1 aromatic rings. The van der Waals surface area contributed by atoms with Gasteiger partial charge in [0.05, 0.1) is 12.2 Å². The molecule has 0 spiro atoms. The van der Waals surface area contributed by atoms with Crippen molar-refractivity contribution >= 4 is 17.5 Å². The van der Waals surface area contributed by atoms with Crippen LogP contribution in [0.5, 0.6) is 0 Å². The molecule has 4 heteroatoms. The first-order chi connectivity index (χ1) is 8.17. The minimum absolute atomic E-state index is 0.123. The molecule has 3 nitrogen and oxygen atoms in total. The summed E-state index contributed by atoms with van der Waals surface area (Å²) in [5, 5.41) is 0. The molecule has 0 saturated heterocycles. The Kier molecular flexibility index (Phi) is 8.42. The van der Waals surface area contributed by atoms with E-state index in [4.69, 9.17) is 11.6 Å². The van der Waals surface area contributed by atoms with Crippen LogP contribution in [0.15, 0.2) is 18.3 Å². The summed E-state index contributed by atoms with van der Waals surface area (Å²) in [7, 11) is 1.78. The Morgan fingerprint density at radius 3 is 2.47 bits per heavy atom. The Morgan fingerprint density at radius 2 is 2.06 bits per heavy atom. The van der Waals surface area contributed by atoms with Crippen molar-refractivity contribution in [1.82, 2.24) is 9.88 Å². The lowest BCUT2D eigenvalue weighted by molar-refractivity contribution is -0.130. The van der Waals surface area contributed by atoms with Crippen molar-refractivity contribution in [3.05, 3.63) is 29.6 Å². The molecule has 0 aliphatic heterocycles. The SMILES string of the molecule is CC.CCC(=O)N(C)Cc1ccc(CCl)cn1. The molecule has 1 rings (SSSR count). The number of nitrogens with zero attached hydrogens (tertiary/aromatic N) is 2. The van der Waals surface area contributed by atoms with Gasteiger partial charge >= 0.3 is 0 Å². The van der Waals surface area contributed by atoms with Gasteiger partial charge in [-0.2, -0.15) is 0 Å². The molecule has 1 amide bonds. The molecular weight excluding hydrogens is 236 g/mol. The van der Waals surface area contributed by atoms with E-state index in [1.165, 1.54) is 0 Å². The second-order valence-electron chi connectivity index (χ2n) is 3.39. The zero-order chi connectivity index (χ0) is 13.3. The third kappa shape index (κ3) is 5.68. The predicted octanol–water partition coefficient (Wildman–Crippen LogP) is 3.22. The molecule has 17 heavy (non-hydrogen) atoms. The maximum absolute atomic E-state index is 11.3. The second-order valence-corrected chi connectivity index (χ2v) is 3.66. The first kappa shape index (κ1) is 15.9. The van der Waals surface area contributed by atoms with Crippen LogP contribution in [0.2, 0.25) is 0 Å². The number of halogens is 1. The summed E-state index contributed by atoms with van der Waals surface area (Å²) in [4.78, 5) is 17.2. The van der Waals surface area contributed by atoms with Gasteiger partial charge < -0.3 is 4.90 Å². The number of hydrogen-bond donors (Lipinski definition) is 0. The zero-order valence-corrected chi connectivity index (χ0v) is 11.8. The van der Waals surface area contributed by atoms with Gasteiger partial charge in [-0.05, 0) is 11.6 Å². The van der Waals surface area contributed by atoms with Crippen LogP contribution in [0.25, 0.3) is 0 Å². The van der Waals surface area contributed by atoms with Crippen LogP contribution in [-0.4, -0.2) is 22.8 Å². The van der Waals surface area contributed by atoms with Gasteiger partial charge in [-0.15, -0.1) is 11.6 Å². The molecule has 0 radical (unpaired) electrons. The summed E-state index contributed by atoms with van der Waals surface area (Å²) in [6.07, 6.45) is 2.27. The Balaban J connectivity index is 0.00000121. The monoisotopic (exact) mass is 256 g/mol. The van der Waals surface area contributed by atoms with Gasteiger partial charge in [-0.3, -0.25) is 9.78 Å². The normalized spacial score (nSPS) is 9.24. The Bertz CT molecular complexity index is 325. The Hall–Kier alpha value is -1.09. The van der Waals surface area contributed by atoms with Crippen LogP contribution in [-0.2, 0) is 17.2 Å². The minimum atomic E-state index is 0.123. The second kappa shape index (κ2) is 8.99. The molecule has 0 unspecified atom stereocenters. The van der Waals surface area contributed by atoms with E-state index in [-0.39, 0.29) is 5.91 Å². The zero-order valence-electron chi connectivity index (χ0n) is 11.0. The van der Waals surface area contributed by atoms with Gasteiger partial charge in [-0.1, -0.05) is 26.8 Å². The van der Waals surface area contributed by atoms with Crippen molar-refractivity contribution in [1.29, 1.82) is 0 Å². The highest BCUT2D eigenvalue weighted by Gasteiger charge is 2.06. The fourth-order valence-corrected chi connectivity index (χ4v) is 1.39. The molecule has 0 aliphatic carbocycles. The van der Waals surface area contributed by atoms with Crippen molar-refractivity contribution in [2.24, 2.45) is 0 Å². The number of aromatic nitrogens is 1. The van der Waals surface area contributed by atoms with E-state index in [1.54, 1.807) is 18.1 Å². The molecule has 1 aromatic heterocycles. The summed E-state index contributed by atoms with van der Waals surface area (Å²) >= 11 is 5.65. The maximum Gasteiger partial charge on any atom is 0.222 e. The van der Waals surface area contributed by atoms with Crippen LogP contribution in [0.3, 0.4) is 0 Å². The van der Waals surface area contributed by atoms with Crippen LogP contribution >= 0.6 is 11.6 Å². The summed E-state index contributed by atoms with van der Waals surface area (Å²) in [6.45, 7) is 6.40. The third-order valence-electron chi connectivity index (χ3n) is 2.17. The van der Waals surface area contributed by atoms with Gasteiger partial charge in [0.2, 0.25) is 5.91 Å². The molecule has 0 saturated carbocycles. The van der Waals surface area contributed by atoms with Crippen LogP contribution in [0, 0.1) is 0 Å². The first-order valence-corrected chi connectivity index (χ1v) is 6.44. The summed E-state index contributed by atoms with van der Waals surface area (Å²) in [5.41, 5.74) is 1.87. The maximum atomic E-state index is 11.3. The number of carbonyl (C=O) groups excluding carboxylic acids is 1. The van der Waals surface area contributed by atoms with E-state index in [2.05, 4.69) is 4.98 Å². The van der Waals surface area contributed by atoms with Crippen molar-refractivity contribution in [2.75, 3.05) is 7.05 Å². The van der Waals surface area contributed by atoms with E-state index in [9.17, 15) is 4.79 Å². The first-order valence-electron chi connectivity index (χ1n) is 5.91. The number of carbonyl (C=O) groups is 1. The summed E-state index contributed by atoms with van der Waals surface area (Å²) < 4.78 is 0. The molecule has 0 N–H and O–H groups in total. The highest BCUT2D eigenvalue weighted by atomic mass is 35.5. The smallest absolute Gasteiger partial charge is 0.222 e. The Labute approximate surface area is 109 Å². The molecule has 96 valence electrons. The van der Waals surface area contributed by atoms with Gasteiger partial charge in [0.1, 0.15) is 0 Å². The van der Waals surface area contributed by atoms with Gasteiger partial charge in [0, 0.05) is 25.5 Å². The van der Waals surface area contributed by atoms with Crippen molar-refractivity contribution in [3.8, 4) is 0 Å². The molecular formula is C13H21ClN2O. The van der Waals surface area contributed by atoms with E-state index in [0.717, 1.165) is 11.3 Å². The van der Waals surface area contributed by atoms with E-state index < -0.39 is 0 Å². The van der Waals surface area contributed by atoms with E-state index in [1.807, 2.05) is 32.9 Å². The van der Waals surface area contributed by atoms with E-state index >= 15 is 0 Å². The fourth-order valence-electron chi connectivity index (χ4n) is 1.23. The Morgan fingerprint density at radius 1 is 1.41 bits per heavy atom. The van der Waals surface area contributed by atoms with Gasteiger partial charge in [0.15, 0.2) is 0 Å². The van der Waals surface area contributed by atoms with Crippen LogP contribution in [0.1, 0.15) is 38.4 Å². The molecule has 0 aromatic carbocycles. The number of amides is 1. The van der Waals surface area contributed by atoms with Crippen LogP contribution < -0.4 is 0 Å². The number of alkyl halides is 1. The van der Waals surface area contributed by atoms with E-state index in [0.29, 0.717) is 18.8 Å². The average Bonchev–Trinajstić information content (AvgIpc) is 2.40. The quantitative estimate of drug-likeness (QED) is 0.775. The standard InChI is InChI=1S/C11H15ClN2O.C2H6/c1-3-11(15)14(2)8-10-5-4-9(6-12)7-13-10;1-2/h4-5,7H,3,6,8H2,1-2H3;1-2H3. The summed E-state index contributed by atoms with van der Waals surface area (Å²) in [5.74, 6) is 0.593. The largest absolute Gasteiger partial charge is 0.340 e. The molecule has 1 heterocycles. The topological polar surface area (TPSA) is 33.2 Å². The molecule has 0 fully saturated rings. The average molecular weight is 257 g/mol. The van der Waals surface area contributed by atoms with Crippen molar-refractivity contribution < 1.29 is 4.79 Å². The number of pyridine rings is 1. The third-order valence-corrected chi connectivity index (χ3v) is 2.48. The lowest BCUT2D eigenvalue weighted by Gasteiger charge is -2.15. The highest BCUT2D eigenvalue weighted by Crippen LogP contribution is 2.05. The molecule has 0 bridgehead atoms. The lowest BCUT2D eigenvalue weighted by atomic mass is 10.2. The lowest BCUT2D eigenvalue weighted by Crippen LogP contribution is -2.25. The highest BCUT2D eigenvalue weighted by molar-refractivity contribution is 6.17. The minimum Gasteiger partial charge on any atom is -0.340 e. The number of rotatable bonds is 4. The predicted molar refractivity (Wildman–Crippen MR) is 71.9 cm³/mol. The molecule has 0 atom stereocenters. The summed E-state index contributed by atoms with van der Waals surface area (Å²) in [6, 6.07) is 3.83. The molecule has 0 aliphatic rings.